The van der Waals surface area contributed by atoms with E-state index < -0.39 is 17.4 Å². The van der Waals surface area contributed by atoms with Crippen LogP contribution in [0.1, 0.15) is 66.4 Å². The van der Waals surface area contributed by atoms with E-state index in [1.54, 1.807) is 38.3 Å². The van der Waals surface area contributed by atoms with E-state index >= 15 is 0 Å². The summed E-state index contributed by atoms with van der Waals surface area (Å²) in [5.74, 6) is -0.636. The van der Waals surface area contributed by atoms with Crippen LogP contribution in [0.4, 0.5) is 5.69 Å². The van der Waals surface area contributed by atoms with Crippen molar-refractivity contribution < 1.29 is 23.9 Å². The number of carbonyl (C=O) groups excluding carboxylic acids is 3. The number of anilines is 1. The van der Waals surface area contributed by atoms with E-state index in [4.69, 9.17) is 9.47 Å². The zero-order valence-electron chi connectivity index (χ0n) is 19.3. The van der Waals surface area contributed by atoms with Gasteiger partial charge in [0.2, 0.25) is 5.91 Å². The third kappa shape index (κ3) is 4.31. The lowest BCUT2D eigenvalue weighted by atomic mass is 9.93. The van der Waals surface area contributed by atoms with Gasteiger partial charge in [0.1, 0.15) is 17.0 Å². The lowest BCUT2D eigenvalue weighted by Crippen LogP contribution is -2.65. The normalized spacial score (nSPS) is 21.2. The fourth-order valence-corrected chi connectivity index (χ4v) is 4.69. The Hall–Kier alpha value is -3.36. The number of methoxy groups -OCH3 is 2. The van der Waals surface area contributed by atoms with Crippen molar-refractivity contribution in [3.05, 3.63) is 41.7 Å². The molecule has 1 atom stereocenters. The van der Waals surface area contributed by atoms with Crippen molar-refractivity contribution >= 4 is 23.5 Å². The van der Waals surface area contributed by atoms with Crippen molar-refractivity contribution in [3.8, 4) is 5.75 Å². The summed E-state index contributed by atoms with van der Waals surface area (Å²) in [7, 11) is 2.83. The second-order valence-electron chi connectivity index (χ2n) is 8.84. The highest BCUT2D eigenvalue weighted by Crippen LogP contribution is 2.34. The minimum absolute atomic E-state index is 0.0314. The lowest BCUT2D eigenvalue weighted by molar-refractivity contribution is -0.127. The summed E-state index contributed by atoms with van der Waals surface area (Å²) in [5, 5.41) is 7.45. The van der Waals surface area contributed by atoms with Gasteiger partial charge >= 0.3 is 5.97 Å². The number of esters is 1. The average Bonchev–Trinajstić information content (AvgIpc) is 3.07. The van der Waals surface area contributed by atoms with Crippen LogP contribution in [0.5, 0.6) is 5.75 Å². The molecule has 1 aromatic heterocycles. The fourth-order valence-electron chi connectivity index (χ4n) is 4.69. The average molecular weight is 455 g/mol. The second-order valence-corrected chi connectivity index (χ2v) is 8.84. The molecule has 2 heterocycles. The van der Waals surface area contributed by atoms with Gasteiger partial charge in [-0.15, -0.1) is 0 Å². The van der Waals surface area contributed by atoms with Crippen molar-refractivity contribution in [2.75, 3.05) is 19.1 Å². The number of amides is 2. The van der Waals surface area contributed by atoms with Crippen LogP contribution in [0.15, 0.2) is 30.3 Å². The highest BCUT2D eigenvalue weighted by Gasteiger charge is 2.49. The summed E-state index contributed by atoms with van der Waals surface area (Å²) in [5.41, 5.74) is -0.425. The molecule has 2 aliphatic rings. The van der Waals surface area contributed by atoms with Gasteiger partial charge in [-0.2, -0.15) is 5.10 Å². The summed E-state index contributed by atoms with van der Waals surface area (Å²) < 4.78 is 11.4. The summed E-state index contributed by atoms with van der Waals surface area (Å²) in [6.07, 6.45) is 6.36. The number of ether oxygens (including phenoxy) is 2. The van der Waals surface area contributed by atoms with Crippen molar-refractivity contribution in [2.45, 2.75) is 63.6 Å². The summed E-state index contributed by atoms with van der Waals surface area (Å²) >= 11 is 0. The van der Waals surface area contributed by atoms with Crippen LogP contribution >= 0.6 is 0 Å². The van der Waals surface area contributed by atoms with Gasteiger partial charge in [-0.3, -0.25) is 19.2 Å². The van der Waals surface area contributed by atoms with Crippen molar-refractivity contribution in [1.29, 1.82) is 0 Å². The number of nitrogens with zero attached hydrogens (tertiary/aromatic N) is 3. The first-order chi connectivity index (χ1) is 15.9. The topological polar surface area (TPSA) is 103 Å². The van der Waals surface area contributed by atoms with Crippen LogP contribution in [0.25, 0.3) is 0 Å². The molecule has 1 fully saturated rings. The Bertz CT molecular complexity index is 1040. The van der Waals surface area contributed by atoms with E-state index in [9.17, 15) is 14.4 Å². The minimum Gasteiger partial charge on any atom is -0.497 e. The third-order valence-corrected chi connectivity index (χ3v) is 6.56. The van der Waals surface area contributed by atoms with E-state index in [2.05, 4.69) is 10.4 Å². The number of aromatic nitrogens is 2. The molecule has 0 bridgehead atoms. The largest absolute Gasteiger partial charge is 0.497 e. The van der Waals surface area contributed by atoms with Gasteiger partial charge in [-0.05, 0) is 44.0 Å². The third-order valence-electron chi connectivity index (χ3n) is 6.56. The zero-order valence-corrected chi connectivity index (χ0v) is 19.3. The smallest absolute Gasteiger partial charge is 0.358 e. The molecule has 9 nitrogen and oxygen atoms in total. The Morgan fingerprint density at radius 2 is 1.76 bits per heavy atom. The van der Waals surface area contributed by atoms with Crippen LogP contribution in [0, 0.1) is 0 Å². The standard InChI is InChI=1S/C24H30N4O5/c1-24(23(31)25-16-8-6-4-5-7-9-16)15-27-20(14-19(26-27)22(30)33-3)21(29)28(24)17-10-12-18(32-2)13-11-17/h10-14,16H,4-9,15H2,1-3H3,(H,25,31)/t24-/m1/s1. The van der Waals surface area contributed by atoms with E-state index in [0.29, 0.717) is 11.4 Å². The maximum atomic E-state index is 13.7. The highest BCUT2D eigenvalue weighted by molar-refractivity contribution is 6.12. The van der Waals surface area contributed by atoms with Gasteiger partial charge < -0.3 is 14.8 Å². The molecule has 1 N–H and O–H groups in total. The van der Waals surface area contributed by atoms with E-state index in [0.717, 1.165) is 25.7 Å². The molecule has 1 saturated carbocycles. The number of carbonyl (C=O) groups is 3. The van der Waals surface area contributed by atoms with Gasteiger partial charge in [-0.1, -0.05) is 25.7 Å². The monoisotopic (exact) mass is 454 g/mol. The molecule has 2 aromatic rings. The maximum Gasteiger partial charge on any atom is 0.358 e. The molecule has 1 aliphatic heterocycles. The van der Waals surface area contributed by atoms with Gasteiger partial charge in [0, 0.05) is 17.8 Å². The van der Waals surface area contributed by atoms with Crippen molar-refractivity contribution in [2.24, 2.45) is 0 Å². The molecule has 4 rings (SSSR count). The summed E-state index contributed by atoms with van der Waals surface area (Å²) in [6, 6.07) is 8.49. The number of hydrogen-bond acceptors (Lipinski definition) is 6. The van der Waals surface area contributed by atoms with E-state index in [-0.39, 0.29) is 29.9 Å². The molecular formula is C24H30N4O5. The predicted octanol–water partition coefficient (Wildman–Crippen LogP) is 2.94. The molecule has 0 spiro atoms. The molecule has 9 heteroatoms. The van der Waals surface area contributed by atoms with Crippen LogP contribution in [0.2, 0.25) is 0 Å². The number of benzene rings is 1. The Morgan fingerprint density at radius 3 is 2.36 bits per heavy atom. The maximum absolute atomic E-state index is 13.7. The molecule has 0 unspecified atom stereocenters. The second kappa shape index (κ2) is 9.25. The van der Waals surface area contributed by atoms with Gasteiger partial charge in [0.25, 0.3) is 5.91 Å². The zero-order chi connectivity index (χ0) is 23.6. The molecule has 2 amide bonds. The molecule has 176 valence electrons. The first kappa shape index (κ1) is 22.8. The molecular weight excluding hydrogens is 424 g/mol. The number of nitrogens with one attached hydrogen (secondary N) is 1. The van der Waals surface area contributed by atoms with Gasteiger partial charge in [-0.25, -0.2) is 4.79 Å². The Balaban J connectivity index is 1.73. The van der Waals surface area contributed by atoms with Crippen molar-refractivity contribution in [3.63, 3.8) is 0 Å². The summed E-state index contributed by atoms with van der Waals surface area (Å²) in [4.78, 5) is 40.9. The van der Waals surface area contributed by atoms with E-state index in [1.807, 2.05) is 0 Å². The van der Waals surface area contributed by atoms with Crippen LogP contribution in [-0.4, -0.2) is 53.4 Å². The molecule has 33 heavy (non-hydrogen) atoms. The van der Waals surface area contributed by atoms with Crippen LogP contribution in [-0.2, 0) is 16.1 Å². The number of rotatable bonds is 5. The Labute approximate surface area is 193 Å². The first-order valence-corrected chi connectivity index (χ1v) is 11.3. The molecule has 1 aliphatic carbocycles. The minimum atomic E-state index is -1.25. The molecule has 1 aromatic carbocycles. The van der Waals surface area contributed by atoms with E-state index in [1.165, 1.54) is 35.6 Å². The first-order valence-electron chi connectivity index (χ1n) is 11.3. The Morgan fingerprint density at radius 1 is 1.09 bits per heavy atom. The summed E-state index contributed by atoms with van der Waals surface area (Å²) in [6.45, 7) is 1.85. The highest BCUT2D eigenvalue weighted by atomic mass is 16.5. The number of fused-ring (bicyclic) bond motifs is 1. The molecule has 0 saturated heterocycles. The van der Waals surface area contributed by atoms with Crippen LogP contribution in [0.3, 0.4) is 0 Å². The Kier molecular flexibility index (Phi) is 6.40. The van der Waals surface area contributed by atoms with Crippen LogP contribution < -0.4 is 15.0 Å². The molecule has 0 radical (unpaired) electrons. The van der Waals surface area contributed by atoms with Crippen molar-refractivity contribution in [1.82, 2.24) is 15.1 Å². The predicted molar refractivity (Wildman–Crippen MR) is 121 cm³/mol. The fraction of sp³-hybridized carbons (Fsp3) is 0.500. The van der Waals surface area contributed by atoms with Gasteiger partial charge in [0.05, 0.1) is 20.8 Å². The van der Waals surface area contributed by atoms with Gasteiger partial charge in [0.15, 0.2) is 5.69 Å². The quantitative estimate of drug-likeness (QED) is 0.550. The lowest BCUT2D eigenvalue weighted by Gasteiger charge is -2.43. The number of hydrogen-bond donors (Lipinski definition) is 1. The SMILES string of the molecule is COC(=O)c1cc2n(n1)C[C@](C)(C(=O)NC1CCCCCC1)N(c1ccc(OC)cc1)C2=O.